The standard InChI is InChI=1S/C14H21N3O3/c1-20-8-7-17(10-12-3-2-5-15-12)14(19)11-4-6-16-13(18)9-11/h4,6,9,12,15H,2-3,5,7-8,10H2,1H3,(H,16,18). The number of rotatable bonds is 6. The number of methoxy groups -OCH3 is 1. The number of carbonyl (C=O) groups excluding carboxylic acids is 1. The van der Waals surface area contributed by atoms with Gasteiger partial charge in [-0.05, 0) is 25.5 Å². The average Bonchev–Trinajstić information content (AvgIpc) is 2.95. The minimum atomic E-state index is -0.262. The lowest BCUT2D eigenvalue weighted by Crippen LogP contribution is -2.42. The summed E-state index contributed by atoms with van der Waals surface area (Å²) in [5, 5.41) is 3.38. The lowest BCUT2D eigenvalue weighted by atomic mass is 10.2. The van der Waals surface area contributed by atoms with E-state index < -0.39 is 0 Å². The van der Waals surface area contributed by atoms with Gasteiger partial charge in [-0.2, -0.15) is 0 Å². The van der Waals surface area contributed by atoms with E-state index >= 15 is 0 Å². The smallest absolute Gasteiger partial charge is 0.254 e. The zero-order valence-corrected chi connectivity index (χ0v) is 11.7. The Balaban J connectivity index is 2.07. The molecule has 0 aliphatic carbocycles. The van der Waals surface area contributed by atoms with Crippen LogP contribution in [-0.4, -0.2) is 55.2 Å². The van der Waals surface area contributed by atoms with E-state index in [0.29, 0.717) is 31.3 Å². The molecule has 0 saturated carbocycles. The summed E-state index contributed by atoms with van der Waals surface area (Å²) in [6.45, 7) is 2.67. The van der Waals surface area contributed by atoms with Crippen LogP contribution in [0.25, 0.3) is 0 Å². The van der Waals surface area contributed by atoms with Crippen LogP contribution < -0.4 is 10.9 Å². The van der Waals surface area contributed by atoms with E-state index in [1.54, 1.807) is 18.1 Å². The number of hydrogen-bond donors (Lipinski definition) is 2. The van der Waals surface area contributed by atoms with Crippen LogP contribution in [0.2, 0.25) is 0 Å². The predicted octanol–water partition coefficient (Wildman–Crippen LogP) is 0.215. The molecule has 1 unspecified atom stereocenters. The van der Waals surface area contributed by atoms with E-state index in [4.69, 9.17) is 4.74 Å². The number of carbonyl (C=O) groups is 1. The largest absolute Gasteiger partial charge is 0.383 e. The molecule has 20 heavy (non-hydrogen) atoms. The number of aromatic amines is 1. The van der Waals surface area contributed by atoms with Crippen LogP contribution in [0, 0.1) is 0 Å². The molecule has 0 bridgehead atoms. The van der Waals surface area contributed by atoms with Gasteiger partial charge >= 0.3 is 0 Å². The van der Waals surface area contributed by atoms with Gasteiger partial charge in [0.1, 0.15) is 0 Å². The van der Waals surface area contributed by atoms with E-state index in [9.17, 15) is 9.59 Å². The zero-order chi connectivity index (χ0) is 14.4. The fourth-order valence-corrected chi connectivity index (χ4v) is 2.42. The van der Waals surface area contributed by atoms with Crippen molar-refractivity contribution in [2.24, 2.45) is 0 Å². The van der Waals surface area contributed by atoms with E-state index in [0.717, 1.165) is 19.4 Å². The topological polar surface area (TPSA) is 74.4 Å². The Morgan fingerprint density at radius 2 is 2.40 bits per heavy atom. The molecule has 1 fully saturated rings. The Hall–Kier alpha value is -1.66. The summed E-state index contributed by atoms with van der Waals surface area (Å²) in [6.07, 6.45) is 3.71. The zero-order valence-electron chi connectivity index (χ0n) is 11.7. The summed E-state index contributed by atoms with van der Waals surface area (Å²) in [4.78, 5) is 28.1. The van der Waals surface area contributed by atoms with Gasteiger partial charge in [-0.3, -0.25) is 9.59 Å². The van der Waals surface area contributed by atoms with E-state index in [-0.39, 0.29) is 11.5 Å². The van der Waals surface area contributed by atoms with Crippen LogP contribution in [0.1, 0.15) is 23.2 Å². The molecule has 2 heterocycles. The number of amides is 1. The fraction of sp³-hybridized carbons (Fsp3) is 0.571. The highest BCUT2D eigenvalue weighted by Crippen LogP contribution is 2.09. The van der Waals surface area contributed by atoms with Gasteiger partial charge in [-0.1, -0.05) is 0 Å². The predicted molar refractivity (Wildman–Crippen MR) is 75.9 cm³/mol. The number of nitrogens with one attached hydrogen (secondary N) is 2. The molecule has 6 heteroatoms. The van der Waals surface area contributed by atoms with Gasteiger partial charge in [0.05, 0.1) is 6.61 Å². The normalized spacial score (nSPS) is 18.1. The highest BCUT2D eigenvalue weighted by molar-refractivity contribution is 5.94. The Bertz CT molecular complexity index is 494. The van der Waals surface area contributed by atoms with Crippen LogP contribution >= 0.6 is 0 Å². The maximum absolute atomic E-state index is 12.5. The molecule has 0 spiro atoms. The molecule has 1 saturated heterocycles. The first-order valence-corrected chi connectivity index (χ1v) is 6.91. The molecular formula is C14H21N3O3. The quantitative estimate of drug-likeness (QED) is 0.781. The van der Waals surface area contributed by atoms with Gasteiger partial charge in [-0.15, -0.1) is 0 Å². The highest BCUT2D eigenvalue weighted by atomic mass is 16.5. The molecule has 1 aromatic rings. The van der Waals surface area contributed by atoms with E-state index in [1.807, 2.05) is 0 Å². The van der Waals surface area contributed by atoms with Gasteiger partial charge < -0.3 is 19.9 Å². The Morgan fingerprint density at radius 1 is 1.55 bits per heavy atom. The molecule has 2 N–H and O–H groups in total. The van der Waals surface area contributed by atoms with Gasteiger partial charge in [-0.25, -0.2) is 0 Å². The fourth-order valence-electron chi connectivity index (χ4n) is 2.42. The van der Waals surface area contributed by atoms with Crippen molar-refractivity contribution >= 4 is 5.91 Å². The van der Waals surface area contributed by atoms with E-state index in [2.05, 4.69) is 10.3 Å². The Labute approximate surface area is 118 Å². The van der Waals surface area contributed by atoms with E-state index in [1.165, 1.54) is 12.3 Å². The van der Waals surface area contributed by atoms with Crippen molar-refractivity contribution in [1.29, 1.82) is 0 Å². The van der Waals surface area contributed by atoms with Crippen molar-refractivity contribution in [3.8, 4) is 0 Å². The summed E-state index contributed by atoms with van der Waals surface area (Å²) in [7, 11) is 1.61. The summed E-state index contributed by atoms with van der Waals surface area (Å²) >= 11 is 0. The van der Waals surface area contributed by atoms with Crippen molar-refractivity contribution in [3.05, 3.63) is 34.2 Å². The van der Waals surface area contributed by atoms with Crippen molar-refractivity contribution in [1.82, 2.24) is 15.2 Å². The van der Waals surface area contributed by atoms with Crippen LogP contribution in [0.3, 0.4) is 0 Å². The molecule has 1 aromatic heterocycles. The molecule has 6 nitrogen and oxygen atoms in total. The molecule has 1 atom stereocenters. The minimum absolute atomic E-state index is 0.123. The average molecular weight is 279 g/mol. The van der Waals surface area contributed by atoms with Gasteiger partial charge in [0.25, 0.3) is 5.91 Å². The molecule has 0 radical (unpaired) electrons. The third-order valence-electron chi connectivity index (χ3n) is 3.48. The lowest BCUT2D eigenvalue weighted by molar-refractivity contribution is 0.0679. The number of hydrogen-bond acceptors (Lipinski definition) is 4. The van der Waals surface area contributed by atoms with Gasteiger partial charge in [0.15, 0.2) is 0 Å². The number of ether oxygens (including phenoxy) is 1. The molecule has 110 valence electrons. The summed E-state index contributed by atoms with van der Waals surface area (Å²) < 4.78 is 5.06. The van der Waals surface area contributed by atoms with Crippen LogP contribution in [0.4, 0.5) is 0 Å². The van der Waals surface area contributed by atoms with Crippen molar-refractivity contribution in [2.45, 2.75) is 18.9 Å². The van der Waals surface area contributed by atoms with Crippen LogP contribution in [0.15, 0.2) is 23.1 Å². The first-order valence-electron chi connectivity index (χ1n) is 6.91. The summed E-state index contributed by atoms with van der Waals surface area (Å²) in [6, 6.07) is 3.30. The molecule has 1 aliphatic rings. The molecule has 1 amide bonds. The number of nitrogens with zero attached hydrogens (tertiary/aromatic N) is 1. The summed E-state index contributed by atoms with van der Waals surface area (Å²) in [5.41, 5.74) is 0.157. The number of H-pyrrole nitrogens is 1. The minimum Gasteiger partial charge on any atom is -0.383 e. The second-order valence-corrected chi connectivity index (χ2v) is 4.98. The first kappa shape index (κ1) is 14.7. The lowest BCUT2D eigenvalue weighted by Gasteiger charge is -2.25. The highest BCUT2D eigenvalue weighted by Gasteiger charge is 2.22. The van der Waals surface area contributed by atoms with Gasteiger partial charge in [0.2, 0.25) is 5.56 Å². The van der Waals surface area contributed by atoms with Crippen molar-refractivity contribution in [3.63, 3.8) is 0 Å². The summed E-state index contributed by atoms with van der Waals surface area (Å²) in [5.74, 6) is -0.123. The molecule has 0 aromatic carbocycles. The maximum Gasteiger partial charge on any atom is 0.254 e. The Morgan fingerprint density at radius 3 is 3.05 bits per heavy atom. The number of pyridine rings is 1. The molecule has 2 rings (SSSR count). The SMILES string of the molecule is COCCN(CC1CCCN1)C(=O)c1cc[nH]c(=O)c1. The monoisotopic (exact) mass is 279 g/mol. The molecular weight excluding hydrogens is 258 g/mol. The second kappa shape index (κ2) is 7.21. The second-order valence-electron chi connectivity index (χ2n) is 4.98. The van der Waals surface area contributed by atoms with Crippen LogP contribution in [-0.2, 0) is 4.74 Å². The third kappa shape index (κ3) is 3.91. The number of aromatic nitrogens is 1. The third-order valence-corrected chi connectivity index (χ3v) is 3.48. The van der Waals surface area contributed by atoms with Crippen molar-refractivity contribution < 1.29 is 9.53 Å². The van der Waals surface area contributed by atoms with Crippen LogP contribution in [0.5, 0.6) is 0 Å². The first-order chi connectivity index (χ1) is 9.70. The Kier molecular flexibility index (Phi) is 5.31. The maximum atomic E-state index is 12.5. The van der Waals surface area contributed by atoms with Crippen molar-refractivity contribution in [2.75, 3.05) is 33.4 Å². The molecule has 1 aliphatic heterocycles. The van der Waals surface area contributed by atoms with Gasteiger partial charge in [0, 0.05) is 44.1 Å².